The van der Waals surface area contributed by atoms with Crippen molar-refractivity contribution in [2.75, 3.05) is 5.32 Å². The predicted octanol–water partition coefficient (Wildman–Crippen LogP) is 2.69. The van der Waals surface area contributed by atoms with E-state index in [1.807, 2.05) is 37.4 Å². The Kier molecular flexibility index (Phi) is 4.54. The maximum Gasteiger partial charge on any atom is 0.412 e. The molecule has 9 heteroatoms. The lowest BCUT2D eigenvalue weighted by Gasteiger charge is -2.20. The van der Waals surface area contributed by atoms with Gasteiger partial charge in [-0.2, -0.15) is 0 Å². The Morgan fingerprint density at radius 3 is 2.71 bits per heavy atom. The number of imidazole rings is 1. The van der Waals surface area contributed by atoms with Crippen molar-refractivity contribution < 1.29 is 14.6 Å². The minimum Gasteiger partial charge on any atom is -0.444 e. The molecule has 3 aromatic rings. The maximum atomic E-state index is 12.3. The number of carbonyl (C=O) groups is 1. The third kappa shape index (κ3) is 4.14. The van der Waals surface area contributed by atoms with Gasteiger partial charge in [0.15, 0.2) is 5.65 Å². The molecule has 1 amide bonds. The first-order valence-corrected chi connectivity index (χ1v) is 9.32. The Balaban J connectivity index is 1.64. The first kappa shape index (κ1) is 18.4. The molecule has 148 valence electrons. The number of nitrogens with one attached hydrogen (secondary N) is 1. The van der Waals surface area contributed by atoms with Crippen LogP contribution in [-0.2, 0) is 17.9 Å². The highest BCUT2D eigenvalue weighted by Gasteiger charge is 2.26. The molecule has 1 fully saturated rings. The van der Waals surface area contributed by atoms with Crippen molar-refractivity contribution in [3.63, 3.8) is 0 Å². The van der Waals surface area contributed by atoms with Crippen molar-refractivity contribution in [1.29, 1.82) is 0 Å². The zero-order chi connectivity index (χ0) is 19.9. The summed E-state index contributed by atoms with van der Waals surface area (Å²) in [4.78, 5) is 16.9. The highest BCUT2D eigenvalue weighted by Crippen LogP contribution is 2.41. The monoisotopic (exact) mass is 384 g/mol. The lowest BCUT2D eigenvalue weighted by atomic mass is 10.2. The smallest absolute Gasteiger partial charge is 0.412 e. The van der Waals surface area contributed by atoms with Crippen LogP contribution in [0.2, 0.25) is 0 Å². The third-order valence-corrected chi connectivity index (χ3v) is 4.38. The van der Waals surface area contributed by atoms with Crippen LogP contribution in [-0.4, -0.2) is 41.2 Å². The van der Waals surface area contributed by atoms with E-state index in [0.717, 1.165) is 18.5 Å². The number of aromatic nitrogens is 5. The average Bonchev–Trinajstić information content (AvgIpc) is 3.22. The summed E-state index contributed by atoms with van der Waals surface area (Å²) in [5.41, 5.74) is 3.15. The summed E-state index contributed by atoms with van der Waals surface area (Å²) in [6.07, 6.45) is 7.46. The fourth-order valence-corrected chi connectivity index (χ4v) is 3.05. The molecule has 3 heterocycles. The Hall–Kier alpha value is -2.94. The molecule has 2 N–H and O–H groups in total. The van der Waals surface area contributed by atoms with E-state index in [1.54, 1.807) is 10.9 Å². The van der Waals surface area contributed by atoms with Crippen molar-refractivity contribution in [3.05, 3.63) is 41.6 Å². The van der Waals surface area contributed by atoms with Gasteiger partial charge in [0.1, 0.15) is 11.3 Å². The summed E-state index contributed by atoms with van der Waals surface area (Å²) in [5.74, 6) is 0.525. The van der Waals surface area contributed by atoms with Gasteiger partial charge in [0, 0.05) is 12.4 Å². The second-order valence-electron chi connectivity index (χ2n) is 8.12. The molecule has 0 atom stereocenters. The number of carbonyl (C=O) groups excluding carboxylic acids is 1. The Bertz CT molecular complexity index is 1010. The van der Waals surface area contributed by atoms with Crippen molar-refractivity contribution in [1.82, 2.24) is 24.4 Å². The number of ether oxygens (including phenoxy) is 1. The largest absolute Gasteiger partial charge is 0.444 e. The molecular weight excluding hydrogens is 360 g/mol. The van der Waals surface area contributed by atoms with E-state index in [-0.39, 0.29) is 6.61 Å². The molecule has 0 aliphatic heterocycles. The van der Waals surface area contributed by atoms with E-state index in [1.165, 1.54) is 5.56 Å². The van der Waals surface area contributed by atoms with Gasteiger partial charge < -0.3 is 14.2 Å². The molecule has 1 saturated carbocycles. The van der Waals surface area contributed by atoms with Crippen LogP contribution in [0.25, 0.3) is 5.65 Å². The standard InChI is InChI=1S/C19H24N6O3/c1-19(2,3)28-18(27)21-16-6-13(12-4-5-12)7-24-8-14(20-17(16)24)9-25-10-15(11-26)22-23-25/h6-8,10,12,26H,4-5,9,11H2,1-3H3,(H,21,27). The number of amides is 1. The maximum absolute atomic E-state index is 12.3. The number of aliphatic hydroxyl groups is 1. The summed E-state index contributed by atoms with van der Waals surface area (Å²) >= 11 is 0. The van der Waals surface area contributed by atoms with Crippen molar-refractivity contribution in [2.24, 2.45) is 0 Å². The van der Waals surface area contributed by atoms with Gasteiger partial charge in [0.2, 0.25) is 0 Å². The van der Waals surface area contributed by atoms with Gasteiger partial charge in [-0.15, -0.1) is 5.10 Å². The molecule has 0 bridgehead atoms. The molecule has 0 radical (unpaired) electrons. The SMILES string of the molecule is CC(C)(C)OC(=O)Nc1cc(C2CC2)cn2cc(Cn3cc(CO)nn3)nc12. The van der Waals surface area contributed by atoms with E-state index in [2.05, 4.69) is 26.8 Å². The first-order valence-electron chi connectivity index (χ1n) is 9.32. The number of pyridine rings is 1. The fourth-order valence-electron chi connectivity index (χ4n) is 3.05. The Morgan fingerprint density at radius 2 is 2.07 bits per heavy atom. The van der Waals surface area contributed by atoms with Crippen molar-refractivity contribution >= 4 is 17.4 Å². The van der Waals surface area contributed by atoms with Gasteiger partial charge in [-0.3, -0.25) is 5.32 Å². The number of rotatable bonds is 5. The summed E-state index contributed by atoms with van der Waals surface area (Å²) in [7, 11) is 0. The molecule has 3 aromatic heterocycles. The van der Waals surface area contributed by atoms with Gasteiger partial charge in [0.05, 0.1) is 30.7 Å². The molecule has 9 nitrogen and oxygen atoms in total. The van der Waals surface area contributed by atoms with Crippen LogP contribution < -0.4 is 5.32 Å². The topological polar surface area (TPSA) is 107 Å². The summed E-state index contributed by atoms with van der Waals surface area (Å²) in [5, 5.41) is 19.8. The van der Waals surface area contributed by atoms with Crippen LogP contribution in [0.1, 0.15) is 56.5 Å². The molecule has 0 unspecified atom stereocenters. The van der Waals surface area contributed by atoms with Gasteiger partial charge >= 0.3 is 6.09 Å². The Labute approximate surface area is 162 Å². The van der Waals surface area contributed by atoms with E-state index >= 15 is 0 Å². The first-order chi connectivity index (χ1) is 13.3. The van der Waals surface area contributed by atoms with Crippen LogP contribution in [0.3, 0.4) is 0 Å². The molecule has 4 rings (SSSR count). The minimum absolute atomic E-state index is 0.153. The summed E-state index contributed by atoms with van der Waals surface area (Å²) < 4.78 is 8.94. The number of anilines is 1. The van der Waals surface area contributed by atoms with Crippen LogP contribution in [0.15, 0.2) is 24.7 Å². The van der Waals surface area contributed by atoms with Gasteiger partial charge in [-0.05, 0) is 51.2 Å². The Morgan fingerprint density at radius 1 is 1.29 bits per heavy atom. The van der Waals surface area contributed by atoms with Crippen LogP contribution in [0.5, 0.6) is 0 Å². The highest BCUT2D eigenvalue weighted by atomic mass is 16.6. The van der Waals surface area contributed by atoms with Gasteiger partial charge in [0.25, 0.3) is 0 Å². The van der Waals surface area contributed by atoms with Crippen molar-refractivity contribution in [3.8, 4) is 0 Å². The van der Waals surface area contributed by atoms with E-state index in [9.17, 15) is 4.79 Å². The van der Waals surface area contributed by atoms with Gasteiger partial charge in [-0.1, -0.05) is 5.21 Å². The third-order valence-electron chi connectivity index (χ3n) is 4.38. The number of nitrogens with zero attached hydrogens (tertiary/aromatic N) is 5. The lowest BCUT2D eigenvalue weighted by molar-refractivity contribution is 0.0636. The van der Waals surface area contributed by atoms with E-state index in [0.29, 0.717) is 29.5 Å². The predicted molar refractivity (Wildman–Crippen MR) is 102 cm³/mol. The molecule has 1 aliphatic carbocycles. The van der Waals surface area contributed by atoms with Crippen LogP contribution >= 0.6 is 0 Å². The van der Waals surface area contributed by atoms with E-state index < -0.39 is 11.7 Å². The number of hydrogen-bond donors (Lipinski definition) is 2. The molecule has 28 heavy (non-hydrogen) atoms. The van der Waals surface area contributed by atoms with Gasteiger partial charge in [-0.25, -0.2) is 14.5 Å². The molecular formula is C19H24N6O3. The number of hydrogen-bond acceptors (Lipinski definition) is 6. The number of fused-ring (bicyclic) bond motifs is 1. The average molecular weight is 384 g/mol. The minimum atomic E-state index is -0.577. The lowest BCUT2D eigenvalue weighted by Crippen LogP contribution is -2.27. The second-order valence-corrected chi connectivity index (χ2v) is 8.12. The zero-order valence-corrected chi connectivity index (χ0v) is 16.2. The normalized spacial score (nSPS) is 14.4. The molecule has 1 aliphatic rings. The number of aliphatic hydroxyl groups excluding tert-OH is 1. The van der Waals surface area contributed by atoms with Crippen LogP contribution in [0.4, 0.5) is 10.5 Å². The zero-order valence-electron chi connectivity index (χ0n) is 16.2. The molecule has 0 saturated heterocycles. The summed E-state index contributed by atoms with van der Waals surface area (Å²) in [6.45, 7) is 5.75. The van der Waals surface area contributed by atoms with Crippen LogP contribution in [0, 0.1) is 0 Å². The summed E-state index contributed by atoms with van der Waals surface area (Å²) in [6, 6.07) is 1.98. The van der Waals surface area contributed by atoms with Crippen molar-refractivity contribution in [2.45, 2.75) is 58.3 Å². The fraction of sp³-hybridized carbons (Fsp3) is 0.474. The highest BCUT2D eigenvalue weighted by molar-refractivity contribution is 5.90. The second kappa shape index (κ2) is 6.90. The quantitative estimate of drug-likeness (QED) is 0.700. The molecule has 0 aromatic carbocycles. The molecule has 0 spiro atoms. The van der Waals surface area contributed by atoms with E-state index in [4.69, 9.17) is 9.84 Å².